The number of benzene rings is 1. The highest BCUT2D eigenvalue weighted by Crippen LogP contribution is 2.32. The molecular formula is C19H29NO. The largest absolute Gasteiger partial charge is 0.459 e. The maximum absolute atomic E-state index is 6.02. The van der Waals surface area contributed by atoms with Crippen molar-refractivity contribution in [3.8, 4) is 0 Å². The summed E-state index contributed by atoms with van der Waals surface area (Å²) in [5.41, 5.74) is 3.89. The highest BCUT2D eigenvalue weighted by Gasteiger charge is 2.20. The lowest BCUT2D eigenvalue weighted by atomic mass is 9.82. The molecule has 2 nitrogen and oxygen atoms in total. The number of hydrogen-bond acceptors (Lipinski definition) is 2. The van der Waals surface area contributed by atoms with E-state index in [0.717, 1.165) is 30.9 Å². The van der Waals surface area contributed by atoms with Gasteiger partial charge in [-0.3, -0.25) is 0 Å². The minimum Gasteiger partial charge on any atom is -0.459 e. The molecule has 116 valence electrons. The Morgan fingerprint density at radius 3 is 2.57 bits per heavy atom. The molecule has 0 bridgehead atoms. The van der Waals surface area contributed by atoms with Crippen LogP contribution in [0, 0.1) is 12.8 Å². The van der Waals surface area contributed by atoms with Gasteiger partial charge in [-0.25, -0.2) is 0 Å². The van der Waals surface area contributed by atoms with E-state index in [1.807, 2.05) is 0 Å². The Kier molecular flexibility index (Phi) is 4.77. The van der Waals surface area contributed by atoms with Crippen molar-refractivity contribution in [2.45, 2.75) is 59.9 Å². The summed E-state index contributed by atoms with van der Waals surface area (Å²) < 4.78 is 6.02. The number of fused-ring (bicyclic) bond motifs is 1. The molecule has 0 aliphatic carbocycles. The van der Waals surface area contributed by atoms with Crippen LogP contribution in [0.3, 0.4) is 0 Å². The Balaban J connectivity index is 2.29. The third-order valence-electron chi connectivity index (χ3n) is 4.54. The third-order valence-corrected chi connectivity index (χ3v) is 4.54. The molecule has 0 saturated carbocycles. The van der Waals surface area contributed by atoms with Crippen LogP contribution in [0.1, 0.15) is 57.9 Å². The number of aryl methyl sites for hydroxylation is 1. The molecule has 0 amide bonds. The van der Waals surface area contributed by atoms with E-state index in [0.29, 0.717) is 5.92 Å². The normalized spacial score (nSPS) is 12.5. The second kappa shape index (κ2) is 6.23. The minimum absolute atomic E-state index is 0.216. The Labute approximate surface area is 128 Å². The topological polar surface area (TPSA) is 25.2 Å². The molecule has 1 aromatic carbocycles. The second-order valence-electron chi connectivity index (χ2n) is 7.12. The average Bonchev–Trinajstić information content (AvgIpc) is 2.75. The summed E-state index contributed by atoms with van der Waals surface area (Å²) in [6.45, 7) is 15.3. The number of furan rings is 1. The zero-order chi connectivity index (χ0) is 15.6. The maximum atomic E-state index is 6.02. The van der Waals surface area contributed by atoms with Crippen LogP contribution < -0.4 is 5.32 Å². The van der Waals surface area contributed by atoms with Gasteiger partial charge in [-0.15, -0.1) is 0 Å². The van der Waals surface area contributed by atoms with Gasteiger partial charge in [0.2, 0.25) is 0 Å². The van der Waals surface area contributed by atoms with E-state index in [2.05, 4.69) is 65.1 Å². The summed E-state index contributed by atoms with van der Waals surface area (Å²) in [4.78, 5) is 0. The Hall–Kier alpha value is -1.28. The SMILES string of the molecule is CCC(C)(C)c1ccc2oc(CNCC(C)C)c(C)c2c1. The number of nitrogens with one attached hydrogen (secondary N) is 1. The van der Waals surface area contributed by atoms with Crippen LogP contribution in [0.5, 0.6) is 0 Å². The van der Waals surface area contributed by atoms with Crippen LogP contribution in [0.25, 0.3) is 11.0 Å². The second-order valence-corrected chi connectivity index (χ2v) is 7.12. The molecule has 1 heterocycles. The van der Waals surface area contributed by atoms with Crippen LogP contribution in [-0.2, 0) is 12.0 Å². The van der Waals surface area contributed by atoms with Crippen molar-refractivity contribution < 1.29 is 4.42 Å². The number of rotatable bonds is 6. The molecule has 1 aromatic heterocycles. The van der Waals surface area contributed by atoms with Crippen LogP contribution >= 0.6 is 0 Å². The summed E-state index contributed by atoms with van der Waals surface area (Å²) in [6, 6.07) is 6.64. The molecular weight excluding hydrogens is 258 g/mol. The quantitative estimate of drug-likeness (QED) is 0.792. The highest BCUT2D eigenvalue weighted by atomic mass is 16.3. The fourth-order valence-corrected chi connectivity index (χ4v) is 2.54. The van der Waals surface area contributed by atoms with E-state index in [-0.39, 0.29) is 5.41 Å². The van der Waals surface area contributed by atoms with Crippen molar-refractivity contribution >= 4 is 11.0 Å². The van der Waals surface area contributed by atoms with Gasteiger partial charge < -0.3 is 9.73 Å². The van der Waals surface area contributed by atoms with Crippen molar-refractivity contribution in [3.63, 3.8) is 0 Å². The molecule has 0 atom stereocenters. The van der Waals surface area contributed by atoms with E-state index in [4.69, 9.17) is 4.42 Å². The molecule has 2 heteroatoms. The average molecular weight is 287 g/mol. The molecule has 2 rings (SSSR count). The lowest BCUT2D eigenvalue weighted by Crippen LogP contribution is -2.19. The maximum Gasteiger partial charge on any atom is 0.134 e. The van der Waals surface area contributed by atoms with E-state index in [9.17, 15) is 0 Å². The standard InChI is InChI=1S/C19H29NO/c1-7-19(5,6)15-8-9-17-16(10-15)14(4)18(21-17)12-20-11-13(2)3/h8-10,13,20H,7,11-12H2,1-6H3. The molecule has 2 aromatic rings. The fourth-order valence-electron chi connectivity index (χ4n) is 2.54. The van der Waals surface area contributed by atoms with Gasteiger partial charge in [0.25, 0.3) is 0 Å². The zero-order valence-electron chi connectivity index (χ0n) is 14.3. The van der Waals surface area contributed by atoms with E-state index in [1.54, 1.807) is 0 Å². The third kappa shape index (κ3) is 3.49. The predicted molar refractivity (Wildman–Crippen MR) is 90.8 cm³/mol. The van der Waals surface area contributed by atoms with Gasteiger partial charge in [-0.2, -0.15) is 0 Å². The van der Waals surface area contributed by atoms with Crippen molar-refractivity contribution in [1.82, 2.24) is 5.32 Å². The Bertz CT molecular complexity index is 607. The fraction of sp³-hybridized carbons (Fsp3) is 0.579. The molecule has 0 unspecified atom stereocenters. The van der Waals surface area contributed by atoms with Crippen LogP contribution in [0.4, 0.5) is 0 Å². The van der Waals surface area contributed by atoms with Gasteiger partial charge in [-0.1, -0.05) is 40.7 Å². The first-order chi connectivity index (χ1) is 9.85. The molecule has 21 heavy (non-hydrogen) atoms. The molecule has 0 fully saturated rings. The van der Waals surface area contributed by atoms with Gasteiger partial charge in [-0.05, 0) is 54.5 Å². The molecule has 0 spiro atoms. The van der Waals surface area contributed by atoms with E-state index < -0.39 is 0 Å². The van der Waals surface area contributed by atoms with Gasteiger partial charge >= 0.3 is 0 Å². The first-order valence-electron chi connectivity index (χ1n) is 8.08. The van der Waals surface area contributed by atoms with Crippen LogP contribution in [-0.4, -0.2) is 6.54 Å². The summed E-state index contributed by atoms with van der Waals surface area (Å²) in [6.07, 6.45) is 1.14. The Morgan fingerprint density at radius 1 is 1.24 bits per heavy atom. The Morgan fingerprint density at radius 2 is 1.95 bits per heavy atom. The molecule has 0 radical (unpaired) electrons. The van der Waals surface area contributed by atoms with Gasteiger partial charge in [0.1, 0.15) is 11.3 Å². The van der Waals surface area contributed by atoms with Crippen molar-refractivity contribution in [1.29, 1.82) is 0 Å². The number of hydrogen-bond donors (Lipinski definition) is 1. The van der Waals surface area contributed by atoms with Crippen molar-refractivity contribution in [3.05, 3.63) is 35.1 Å². The lowest BCUT2D eigenvalue weighted by molar-refractivity contribution is 0.482. The van der Waals surface area contributed by atoms with Crippen molar-refractivity contribution in [2.24, 2.45) is 5.92 Å². The minimum atomic E-state index is 0.216. The van der Waals surface area contributed by atoms with E-state index >= 15 is 0 Å². The highest BCUT2D eigenvalue weighted by molar-refractivity contribution is 5.83. The first-order valence-corrected chi connectivity index (χ1v) is 8.08. The monoisotopic (exact) mass is 287 g/mol. The van der Waals surface area contributed by atoms with E-state index in [1.165, 1.54) is 16.5 Å². The summed E-state index contributed by atoms with van der Waals surface area (Å²) in [5, 5.41) is 4.72. The van der Waals surface area contributed by atoms with Crippen LogP contribution in [0.15, 0.2) is 22.6 Å². The van der Waals surface area contributed by atoms with Crippen LogP contribution in [0.2, 0.25) is 0 Å². The summed E-state index contributed by atoms with van der Waals surface area (Å²) >= 11 is 0. The predicted octanol–water partition coefficient (Wildman–Crippen LogP) is 5.17. The summed E-state index contributed by atoms with van der Waals surface area (Å²) in [7, 11) is 0. The molecule has 1 N–H and O–H groups in total. The van der Waals surface area contributed by atoms with Gasteiger partial charge in [0.15, 0.2) is 0 Å². The molecule has 0 saturated heterocycles. The summed E-state index contributed by atoms with van der Waals surface area (Å²) in [5.74, 6) is 1.73. The van der Waals surface area contributed by atoms with Gasteiger partial charge in [0, 0.05) is 5.39 Å². The smallest absolute Gasteiger partial charge is 0.134 e. The van der Waals surface area contributed by atoms with Crippen molar-refractivity contribution in [2.75, 3.05) is 6.54 Å². The first kappa shape index (κ1) is 16.1. The van der Waals surface area contributed by atoms with Gasteiger partial charge in [0.05, 0.1) is 6.54 Å². The lowest BCUT2D eigenvalue weighted by Gasteiger charge is -2.23. The zero-order valence-corrected chi connectivity index (χ0v) is 14.3. The molecule has 0 aliphatic heterocycles. The molecule has 0 aliphatic rings.